The Labute approximate surface area is 230 Å². The van der Waals surface area contributed by atoms with Gasteiger partial charge >= 0.3 is 24.2 Å². The van der Waals surface area contributed by atoms with Crippen molar-refractivity contribution in [3.8, 4) is 11.5 Å². The lowest BCUT2D eigenvalue weighted by Gasteiger charge is -2.18. The smallest absolute Gasteiger partial charge is 0.462 e. The Kier molecular flexibility index (Phi) is 14.9. The number of rotatable bonds is 15. The lowest BCUT2D eigenvalue weighted by molar-refractivity contribution is -0.160. The van der Waals surface area contributed by atoms with Gasteiger partial charge in [-0.05, 0) is 42.9 Å². The molecule has 0 heterocycles. The molecule has 2 N–H and O–H groups in total. The zero-order chi connectivity index (χ0) is 29.5. The number of benzene rings is 1. The number of ether oxygens (including phenoxy) is 6. The second-order valence-electron chi connectivity index (χ2n) is 9.98. The van der Waals surface area contributed by atoms with E-state index in [1.807, 2.05) is 27.7 Å². The first-order valence-electron chi connectivity index (χ1n) is 13.3. The minimum absolute atomic E-state index is 0.0222. The first-order valence-corrected chi connectivity index (χ1v) is 13.3. The average molecular weight is 554 g/mol. The summed E-state index contributed by atoms with van der Waals surface area (Å²) < 4.78 is 31.2. The van der Waals surface area contributed by atoms with Gasteiger partial charge in [-0.3, -0.25) is 9.59 Å². The summed E-state index contributed by atoms with van der Waals surface area (Å²) in [4.78, 5) is 48.5. The summed E-state index contributed by atoms with van der Waals surface area (Å²) in [6, 6.07) is 3.33. The highest BCUT2D eigenvalue weighted by molar-refractivity contribution is 5.76. The van der Waals surface area contributed by atoms with Gasteiger partial charge in [-0.25, -0.2) is 9.59 Å². The molecule has 1 aromatic rings. The van der Waals surface area contributed by atoms with Crippen LogP contribution in [-0.4, -0.2) is 56.2 Å². The monoisotopic (exact) mass is 553 g/mol. The molecular formula is C28H43NO10. The number of hydrogen-bond acceptors (Lipinski definition) is 11. The van der Waals surface area contributed by atoms with Crippen LogP contribution in [0.2, 0.25) is 0 Å². The maximum absolute atomic E-state index is 12.5. The summed E-state index contributed by atoms with van der Waals surface area (Å²) in [5, 5.41) is 0. The molecule has 0 saturated heterocycles. The van der Waals surface area contributed by atoms with E-state index in [9.17, 15) is 19.2 Å². The van der Waals surface area contributed by atoms with Crippen LogP contribution in [0.3, 0.4) is 0 Å². The third kappa shape index (κ3) is 13.3. The molecule has 0 aliphatic rings. The third-order valence-corrected chi connectivity index (χ3v) is 5.77. The predicted molar refractivity (Wildman–Crippen MR) is 142 cm³/mol. The van der Waals surface area contributed by atoms with E-state index in [0.717, 1.165) is 12.8 Å². The fourth-order valence-corrected chi connectivity index (χ4v) is 2.76. The third-order valence-electron chi connectivity index (χ3n) is 5.77. The highest BCUT2D eigenvalue weighted by atomic mass is 16.7. The predicted octanol–water partition coefficient (Wildman–Crippen LogP) is 4.81. The molecule has 0 aliphatic heterocycles. The number of esters is 2. The fraction of sp³-hybridized carbons (Fsp3) is 0.643. The summed E-state index contributed by atoms with van der Waals surface area (Å²) in [6.07, 6.45) is -0.960. The van der Waals surface area contributed by atoms with Crippen molar-refractivity contribution in [1.82, 2.24) is 0 Å². The van der Waals surface area contributed by atoms with Gasteiger partial charge in [0.2, 0.25) is 0 Å². The van der Waals surface area contributed by atoms with Crippen LogP contribution >= 0.6 is 0 Å². The molecule has 0 saturated carbocycles. The summed E-state index contributed by atoms with van der Waals surface area (Å²) >= 11 is 0. The van der Waals surface area contributed by atoms with Gasteiger partial charge in [0.1, 0.15) is 18.8 Å². The quantitative estimate of drug-likeness (QED) is 0.181. The largest absolute Gasteiger partial charge is 0.513 e. The Balaban J connectivity index is 2.92. The summed E-state index contributed by atoms with van der Waals surface area (Å²) in [6.45, 7) is 13.0. The van der Waals surface area contributed by atoms with E-state index in [1.165, 1.54) is 12.1 Å². The van der Waals surface area contributed by atoms with Gasteiger partial charge in [0, 0.05) is 0 Å². The van der Waals surface area contributed by atoms with Gasteiger partial charge in [0.05, 0.1) is 19.1 Å². The Morgan fingerprint density at radius 1 is 0.744 bits per heavy atom. The van der Waals surface area contributed by atoms with Crippen molar-refractivity contribution < 1.29 is 47.6 Å². The molecule has 0 bridgehead atoms. The Hall–Kier alpha value is -3.34. The minimum Gasteiger partial charge on any atom is -0.462 e. The molecule has 2 unspecified atom stereocenters. The Bertz CT molecular complexity index is 948. The van der Waals surface area contributed by atoms with Gasteiger partial charge < -0.3 is 34.2 Å². The summed E-state index contributed by atoms with van der Waals surface area (Å²) in [5.74, 6) is -1.28. The molecule has 11 nitrogen and oxygen atoms in total. The van der Waals surface area contributed by atoms with Crippen molar-refractivity contribution in [2.45, 2.75) is 79.9 Å². The van der Waals surface area contributed by atoms with Crippen LogP contribution in [0.15, 0.2) is 18.2 Å². The molecule has 39 heavy (non-hydrogen) atoms. The van der Waals surface area contributed by atoms with Gasteiger partial charge in [-0.2, -0.15) is 0 Å². The molecule has 0 fully saturated rings. The van der Waals surface area contributed by atoms with E-state index in [1.54, 1.807) is 26.8 Å². The zero-order valence-corrected chi connectivity index (χ0v) is 24.0. The van der Waals surface area contributed by atoms with Crippen molar-refractivity contribution in [2.24, 2.45) is 23.5 Å². The lowest BCUT2D eigenvalue weighted by Crippen LogP contribution is -2.37. The van der Waals surface area contributed by atoms with Crippen LogP contribution < -0.4 is 15.2 Å². The molecule has 1 rings (SSSR count). The van der Waals surface area contributed by atoms with Crippen molar-refractivity contribution in [1.29, 1.82) is 0 Å². The summed E-state index contributed by atoms with van der Waals surface area (Å²) in [7, 11) is 0. The second kappa shape index (κ2) is 17.3. The second-order valence-corrected chi connectivity index (χ2v) is 9.98. The molecule has 0 amide bonds. The first-order chi connectivity index (χ1) is 18.4. The summed E-state index contributed by atoms with van der Waals surface area (Å²) in [5.41, 5.74) is 6.53. The molecule has 1 aromatic carbocycles. The Morgan fingerprint density at radius 3 is 1.79 bits per heavy atom. The zero-order valence-electron chi connectivity index (χ0n) is 24.0. The van der Waals surface area contributed by atoms with Gasteiger partial charge in [0.15, 0.2) is 11.5 Å². The normalized spacial score (nSPS) is 14.0. The number of carbonyl (C=O) groups excluding carboxylic acids is 4. The van der Waals surface area contributed by atoms with Gasteiger partial charge in [-0.1, -0.05) is 60.5 Å². The topological polar surface area (TPSA) is 150 Å². The minimum atomic E-state index is -1.06. The highest BCUT2D eigenvalue weighted by Gasteiger charge is 2.22. The fourth-order valence-electron chi connectivity index (χ4n) is 2.76. The van der Waals surface area contributed by atoms with Crippen molar-refractivity contribution in [2.75, 3.05) is 19.8 Å². The van der Waals surface area contributed by atoms with Crippen LogP contribution in [0.4, 0.5) is 9.59 Å². The molecular weight excluding hydrogens is 510 g/mol. The molecule has 220 valence electrons. The van der Waals surface area contributed by atoms with Crippen LogP contribution in [0, 0.1) is 17.8 Å². The van der Waals surface area contributed by atoms with E-state index in [2.05, 4.69) is 0 Å². The van der Waals surface area contributed by atoms with Gasteiger partial charge in [0.25, 0.3) is 0 Å². The van der Waals surface area contributed by atoms with Crippen LogP contribution in [0.1, 0.15) is 66.9 Å². The van der Waals surface area contributed by atoms with E-state index in [4.69, 9.17) is 34.2 Å². The van der Waals surface area contributed by atoms with Crippen molar-refractivity contribution in [3.05, 3.63) is 23.8 Å². The average Bonchev–Trinajstić information content (AvgIpc) is 2.89. The van der Waals surface area contributed by atoms with Gasteiger partial charge in [-0.15, -0.1) is 0 Å². The Morgan fingerprint density at radius 2 is 1.28 bits per heavy atom. The van der Waals surface area contributed by atoms with Crippen LogP contribution in [0.5, 0.6) is 11.5 Å². The maximum atomic E-state index is 12.5. The van der Waals surface area contributed by atoms with E-state index in [0.29, 0.717) is 5.56 Å². The molecule has 0 aliphatic carbocycles. The van der Waals surface area contributed by atoms with Crippen molar-refractivity contribution >= 4 is 24.2 Å². The number of nitrogens with two attached hydrogens (primary N) is 1. The van der Waals surface area contributed by atoms with E-state index in [-0.39, 0.29) is 55.5 Å². The molecule has 0 radical (unpaired) electrons. The SMILES string of the molecule is CCC(C)COC(=O)Oc1ccc(C[C@H](N)C(=O)O[C@@H](C)COC(=O)C(C)C)cc1OC(=O)OCC(C)CC. The lowest BCUT2D eigenvalue weighted by atomic mass is 10.1. The standard InChI is InChI=1S/C28H43NO10/c1-8-18(5)14-35-27(32)38-23-11-10-21(13-24(23)39-28(33)36-15-19(6)9-2)12-22(29)26(31)37-20(7)16-34-25(30)17(3)4/h10-11,13,17-20,22H,8-9,12,14-16,29H2,1-7H3/t18?,19?,20-,22-/m0/s1. The van der Waals surface area contributed by atoms with E-state index < -0.39 is 36.4 Å². The number of carbonyl (C=O) groups is 4. The molecule has 0 spiro atoms. The first kappa shape index (κ1) is 33.7. The molecule has 0 aromatic heterocycles. The molecule has 11 heteroatoms. The van der Waals surface area contributed by atoms with E-state index >= 15 is 0 Å². The number of hydrogen-bond donors (Lipinski definition) is 1. The maximum Gasteiger partial charge on any atom is 0.513 e. The molecule has 4 atom stereocenters. The van der Waals surface area contributed by atoms with Crippen molar-refractivity contribution in [3.63, 3.8) is 0 Å². The van der Waals surface area contributed by atoms with Crippen LogP contribution in [-0.2, 0) is 35.0 Å². The highest BCUT2D eigenvalue weighted by Crippen LogP contribution is 2.30. The van der Waals surface area contributed by atoms with Crippen LogP contribution in [0.25, 0.3) is 0 Å².